The Morgan fingerprint density at radius 1 is 1.55 bits per heavy atom. The molecule has 0 atom stereocenters. The van der Waals surface area contributed by atoms with Crippen molar-refractivity contribution in [3.8, 4) is 0 Å². The molecule has 1 heterocycles. The van der Waals surface area contributed by atoms with Crippen molar-refractivity contribution in [2.45, 2.75) is 26.4 Å². The van der Waals surface area contributed by atoms with E-state index in [-0.39, 0.29) is 6.09 Å². The molecule has 0 fully saturated rings. The van der Waals surface area contributed by atoms with E-state index in [2.05, 4.69) is 5.10 Å². The van der Waals surface area contributed by atoms with Crippen molar-refractivity contribution in [1.29, 1.82) is 0 Å². The van der Waals surface area contributed by atoms with Crippen LogP contribution in [0.15, 0.2) is 12.4 Å². The monoisotopic (exact) mass is 156 g/mol. The van der Waals surface area contributed by atoms with Crippen LogP contribution in [0, 0.1) is 0 Å². The normalized spacial score (nSPS) is 11.5. The van der Waals surface area contributed by atoms with Crippen LogP contribution in [0.25, 0.3) is 0 Å². The van der Waals surface area contributed by atoms with Gasteiger partial charge in [-0.05, 0) is 20.8 Å². The lowest BCUT2D eigenvalue weighted by atomic mass is 10.2. The largest absolute Gasteiger partial charge is 0.442 e. The van der Waals surface area contributed by atoms with Crippen molar-refractivity contribution in [1.82, 2.24) is 9.78 Å². The number of aromatic amines is 1. The van der Waals surface area contributed by atoms with Crippen LogP contribution in [-0.2, 0) is 4.74 Å². The van der Waals surface area contributed by atoms with Gasteiger partial charge in [0.1, 0.15) is 5.60 Å². The number of nitrogens with one attached hydrogen (secondary N) is 1. The van der Waals surface area contributed by atoms with Crippen molar-refractivity contribution < 1.29 is 9.53 Å². The fourth-order valence-electron chi connectivity index (χ4n) is 0.574. The quantitative estimate of drug-likeness (QED) is 0.620. The third kappa shape index (κ3) is 2.14. The molecule has 4 heteroatoms. The summed E-state index contributed by atoms with van der Waals surface area (Å²) in [4.78, 5) is 11.0. The molecule has 0 aliphatic carbocycles. The summed E-state index contributed by atoms with van der Waals surface area (Å²) in [6.45, 7) is 5.48. The molecule has 62 valence electrons. The summed E-state index contributed by atoms with van der Waals surface area (Å²) < 4.78 is 6.30. The Balaban J connectivity index is 2.49. The van der Waals surface area contributed by atoms with Gasteiger partial charge in [-0.15, -0.1) is 0 Å². The summed E-state index contributed by atoms with van der Waals surface area (Å²) in [5, 5.41) is 2.65. The molecule has 4 nitrogen and oxygen atoms in total. The lowest BCUT2D eigenvalue weighted by Crippen LogP contribution is -2.29. The van der Waals surface area contributed by atoms with Gasteiger partial charge in [0.25, 0.3) is 0 Å². The Bertz CT molecular complexity index is 232. The van der Waals surface area contributed by atoms with Gasteiger partial charge in [0.15, 0.2) is 0 Å². The first-order valence-electron chi connectivity index (χ1n) is 3.44. The molecule has 0 saturated heterocycles. The van der Waals surface area contributed by atoms with Gasteiger partial charge in [0.05, 0.1) is 6.20 Å². The molecule has 1 aromatic rings. The van der Waals surface area contributed by atoms with Crippen LogP contribution in [0.3, 0.4) is 0 Å². The van der Waals surface area contributed by atoms with Gasteiger partial charge >= 0.3 is 6.09 Å². The zero-order valence-electron chi connectivity index (χ0n) is 6.92. The second kappa shape index (κ2) is 2.45. The first-order valence-corrected chi connectivity index (χ1v) is 3.44. The number of H-pyrrole nitrogens is 1. The number of aromatic nitrogens is 2. The van der Waals surface area contributed by atoms with Gasteiger partial charge in [-0.1, -0.05) is 0 Å². The molecule has 0 aromatic carbocycles. The van der Waals surface area contributed by atoms with E-state index in [0.29, 0.717) is 0 Å². The number of carbonyl (C=O) groups is 1. The highest BCUT2D eigenvalue weighted by Crippen LogP contribution is 2.07. The first-order chi connectivity index (χ1) is 4.99. The van der Waals surface area contributed by atoms with E-state index in [9.17, 15) is 4.79 Å². The molecule has 0 amide bonds. The Morgan fingerprint density at radius 2 is 2.09 bits per heavy atom. The van der Waals surface area contributed by atoms with Gasteiger partial charge in [-0.2, -0.15) is 4.68 Å². The minimum Gasteiger partial charge on any atom is -0.442 e. The number of ether oxygens (including phenoxy) is 1. The summed E-state index contributed by atoms with van der Waals surface area (Å²) in [5.74, 6) is 0. The zero-order valence-corrected chi connectivity index (χ0v) is 6.92. The minimum absolute atomic E-state index is 0.375. The molecule has 0 saturated carbocycles. The van der Waals surface area contributed by atoms with Crippen LogP contribution >= 0.6 is 0 Å². The lowest BCUT2D eigenvalue weighted by molar-refractivity contribution is 0.0503. The molecule has 1 aromatic heterocycles. The lowest BCUT2D eigenvalue weighted by Gasteiger charge is -2.20. The third-order valence-corrected chi connectivity index (χ3v) is 1.03. The predicted octanol–water partition coefficient (Wildman–Crippen LogP) is 1.60. The van der Waals surface area contributed by atoms with E-state index in [0.717, 1.165) is 0 Å². The van der Waals surface area contributed by atoms with Crippen molar-refractivity contribution in [3.63, 3.8) is 0 Å². The SMILES string of the molecule is CC(C)(C)OC(=O)n1cc[nH]1. The molecule has 0 aliphatic rings. The van der Waals surface area contributed by atoms with Crippen molar-refractivity contribution in [2.24, 2.45) is 0 Å². The van der Waals surface area contributed by atoms with Crippen molar-refractivity contribution >= 4 is 6.09 Å². The van der Waals surface area contributed by atoms with Crippen LogP contribution in [0.4, 0.5) is 4.79 Å². The van der Waals surface area contributed by atoms with E-state index >= 15 is 0 Å². The Kier molecular flexibility index (Phi) is 1.76. The maximum Gasteiger partial charge on any atom is 0.433 e. The molecular weight excluding hydrogens is 144 g/mol. The molecule has 1 rings (SSSR count). The highest BCUT2D eigenvalue weighted by molar-refractivity contribution is 5.69. The zero-order chi connectivity index (χ0) is 8.48. The Labute approximate surface area is 65.1 Å². The van der Waals surface area contributed by atoms with Crippen LogP contribution < -0.4 is 0 Å². The summed E-state index contributed by atoms with van der Waals surface area (Å²) in [6, 6.07) is 0. The van der Waals surface area contributed by atoms with Crippen LogP contribution in [0.1, 0.15) is 20.8 Å². The van der Waals surface area contributed by atoms with E-state index in [4.69, 9.17) is 4.74 Å². The Morgan fingerprint density at radius 3 is 2.36 bits per heavy atom. The number of hydrogen-bond acceptors (Lipinski definition) is 2. The molecule has 0 unspecified atom stereocenters. The topological polar surface area (TPSA) is 47.0 Å². The average Bonchev–Trinajstić information content (AvgIpc) is 1.50. The van der Waals surface area contributed by atoms with Crippen LogP contribution in [0.2, 0.25) is 0 Å². The summed E-state index contributed by atoms with van der Waals surface area (Å²) in [5.41, 5.74) is -0.428. The minimum atomic E-state index is -0.428. The number of rotatable bonds is 0. The number of nitrogens with zero attached hydrogens (tertiary/aromatic N) is 1. The fraction of sp³-hybridized carbons (Fsp3) is 0.571. The number of hydrogen-bond donors (Lipinski definition) is 1. The van der Waals surface area contributed by atoms with E-state index in [1.807, 2.05) is 20.8 Å². The van der Waals surface area contributed by atoms with E-state index in [1.54, 1.807) is 12.4 Å². The molecule has 0 radical (unpaired) electrons. The van der Waals surface area contributed by atoms with Gasteiger partial charge in [-0.3, -0.25) is 5.10 Å². The molecular formula is C7H12N2O2. The van der Waals surface area contributed by atoms with E-state index < -0.39 is 5.60 Å². The van der Waals surface area contributed by atoms with Crippen molar-refractivity contribution in [3.05, 3.63) is 12.4 Å². The average molecular weight is 156 g/mol. The van der Waals surface area contributed by atoms with Gasteiger partial charge in [0.2, 0.25) is 0 Å². The Hall–Kier alpha value is -1.19. The van der Waals surface area contributed by atoms with Crippen molar-refractivity contribution in [2.75, 3.05) is 0 Å². The maximum atomic E-state index is 11.0. The highest BCUT2D eigenvalue weighted by atomic mass is 16.6. The second-order valence-electron chi connectivity index (χ2n) is 3.30. The molecule has 1 N–H and O–H groups in total. The smallest absolute Gasteiger partial charge is 0.433 e. The molecule has 11 heavy (non-hydrogen) atoms. The highest BCUT2D eigenvalue weighted by Gasteiger charge is 2.17. The van der Waals surface area contributed by atoms with Crippen LogP contribution in [-0.4, -0.2) is 21.5 Å². The maximum absolute atomic E-state index is 11.0. The van der Waals surface area contributed by atoms with Gasteiger partial charge in [-0.25, -0.2) is 4.79 Å². The third-order valence-electron chi connectivity index (χ3n) is 1.03. The summed E-state index contributed by atoms with van der Waals surface area (Å²) in [7, 11) is 0. The summed E-state index contributed by atoms with van der Waals surface area (Å²) in [6.07, 6.45) is 2.89. The summed E-state index contributed by atoms with van der Waals surface area (Å²) >= 11 is 0. The molecule has 0 spiro atoms. The molecule has 0 bridgehead atoms. The molecule has 0 aliphatic heterocycles. The van der Waals surface area contributed by atoms with Gasteiger partial charge in [0, 0.05) is 6.20 Å². The van der Waals surface area contributed by atoms with Gasteiger partial charge < -0.3 is 4.74 Å². The first kappa shape index (κ1) is 7.91. The second-order valence-corrected chi connectivity index (χ2v) is 3.30. The predicted molar refractivity (Wildman–Crippen MR) is 40.4 cm³/mol. The standard InChI is InChI=1S/C7H12N2O2/c1-7(2,3)11-6(10)9-5-4-8-9/h4-5,8H,1-3H3. The number of carbonyl (C=O) groups excluding carboxylic acids is 1. The van der Waals surface area contributed by atoms with E-state index in [1.165, 1.54) is 4.68 Å². The fourth-order valence-corrected chi connectivity index (χ4v) is 0.574. The van der Waals surface area contributed by atoms with Crippen LogP contribution in [0.5, 0.6) is 0 Å².